The number of nitrogens with one attached hydrogen (secondary N) is 2. The molecule has 2 fully saturated rings. The number of fused-ring (bicyclic) bond motifs is 1. The summed E-state index contributed by atoms with van der Waals surface area (Å²) in [7, 11) is 1.89. The summed E-state index contributed by atoms with van der Waals surface area (Å²) in [5, 5.41) is 16.0. The number of piperidine rings is 1. The number of carbonyl (C=O) groups excluding carboxylic acids is 1. The summed E-state index contributed by atoms with van der Waals surface area (Å²) < 4.78 is 43.6. The number of anilines is 2. The molecule has 2 N–H and O–H groups in total. The van der Waals surface area contributed by atoms with Crippen molar-refractivity contribution in [3.05, 3.63) is 47.5 Å². The number of rotatable bonds is 7. The highest BCUT2D eigenvalue weighted by atomic mass is 32.1. The van der Waals surface area contributed by atoms with Gasteiger partial charge in [-0.1, -0.05) is 0 Å². The fourth-order valence-electron chi connectivity index (χ4n) is 5.31. The molecule has 4 aromatic rings. The van der Waals surface area contributed by atoms with Gasteiger partial charge in [-0.25, -0.2) is 9.97 Å². The van der Waals surface area contributed by atoms with Crippen LogP contribution >= 0.6 is 11.3 Å². The number of aromatic nitrogens is 5. The molecule has 204 valence electrons. The summed E-state index contributed by atoms with van der Waals surface area (Å²) in [4.78, 5) is 24.0. The first-order valence-electron chi connectivity index (χ1n) is 12.9. The van der Waals surface area contributed by atoms with E-state index in [1.165, 1.54) is 15.9 Å². The first-order chi connectivity index (χ1) is 18.8. The van der Waals surface area contributed by atoms with Gasteiger partial charge in [-0.2, -0.15) is 23.4 Å². The molecule has 1 atom stereocenters. The molecule has 2 aliphatic rings. The van der Waals surface area contributed by atoms with Crippen LogP contribution in [0.5, 0.6) is 0 Å². The second-order valence-corrected chi connectivity index (χ2v) is 10.9. The summed E-state index contributed by atoms with van der Waals surface area (Å²) in [6.07, 6.45) is 1.82. The molecule has 1 aliphatic carbocycles. The van der Waals surface area contributed by atoms with E-state index < -0.39 is 17.9 Å². The molecule has 1 unspecified atom stereocenters. The van der Waals surface area contributed by atoms with Gasteiger partial charge in [0.05, 0.1) is 29.3 Å². The van der Waals surface area contributed by atoms with Crippen molar-refractivity contribution in [1.29, 1.82) is 0 Å². The van der Waals surface area contributed by atoms with Crippen molar-refractivity contribution in [1.82, 2.24) is 30.0 Å². The summed E-state index contributed by atoms with van der Waals surface area (Å²) in [6, 6.07) is 4.87. The van der Waals surface area contributed by atoms with E-state index in [0.717, 1.165) is 24.9 Å². The van der Waals surface area contributed by atoms with Gasteiger partial charge in [0.1, 0.15) is 16.2 Å². The zero-order valence-corrected chi connectivity index (χ0v) is 22.0. The van der Waals surface area contributed by atoms with E-state index in [2.05, 4.69) is 35.7 Å². The highest BCUT2D eigenvalue weighted by Crippen LogP contribution is 2.46. The maximum Gasteiger partial charge on any atom is 0.449 e. The number of halogens is 3. The van der Waals surface area contributed by atoms with Gasteiger partial charge in [-0.3, -0.25) is 4.79 Å². The third-order valence-electron chi connectivity index (χ3n) is 7.15. The normalized spacial score (nSPS) is 18.1. The molecular weight excluding hydrogens is 529 g/mol. The van der Waals surface area contributed by atoms with E-state index >= 15 is 0 Å². The van der Waals surface area contributed by atoms with Gasteiger partial charge < -0.3 is 20.1 Å². The zero-order valence-electron chi connectivity index (χ0n) is 21.2. The van der Waals surface area contributed by atoms with Gasteiger partial charge in [-0.05, 0) is 63.4 Å². The van der Waals surface area contributed by atoms with Crippen LogP contribution in [0.4, 0.5) is 24.5 Å². The quantitative estimate of drug-likeness (QED) is 0.331. The molecule has 3 aromatic heterocycles. The second-order valence-electron chi connectivity index (χ2n) is 10.00. The number of thiazole rings is 1. The third-order valence-corrected chi connectivity index (χ3v) is 8.04. The molecule has 1 amide bonds. The molecular formula is C26H27F3N8OS. The van der Waals surface area contributed by atoms with Crippen LogP contribution in [0.25, 0.3) is 21.6 Å². The van der Waals surface area contributed by atoms with Crippen LogP contribution in [0, 0.1) is 5.92 Å². The average Bonchev–Trinajstić information content (AvgIpc) is 3.49. The topological polar surface area (TPSA) is 101 Å². The van der Waals surface area contributed by atoms with Gasteiger partial charge in [0.25, 0.3) is 5.91 Å². The van der Waals surface area contributed by atoms with Crippen molar-refractivity contribution in [3.8, 4) is 10.6 Å². The fraction of sp³-hybridized carbons (Fsp3) is 0.423. The van der Waals surface area contributed by atoms with Crippen LogP contribution in [0.15, 0.2) is 36.0 Å². The van der Waals surface area contributed by atoms with E-state index in [-0.39, 0.29) is 17.3 Å². The largest absolute Gasteiger partial charge is 0.449 e. The van der Waals surface area contributed by atoms with Gasteiger partial charge in [0, 0.05) is 30.1 Å². The summed E-state index contributed by atoms with van der Waals surface area (Å²) in [6.45, 7) is 2.11. The Hall–Kier alpha value is -3.58. The van der Waals surface area contributed by atoms with E-state index in [4.69, 9.17) is 0 Å². The first-order valence-corrected chi connectivity index (χ1v) is 13.8. The Labute approximate surface area is 226 Å². The minimum Gasteiger partial charge on any atom is -0.368 e. The van der Waals surface area contributed by atoms with Crippen LogP contribution in [0.2, 0.25) is 0 Å². The highest BCUT2D eigenvalue weighted by molar-refractivity contribution is 7.13. The molecule has 1 aliphatic heterocycles. The number of benzene rings is 1. The van der Waals surface area contributed by atoms with E-state index in [1.807, 2.05) is 7.05 Å². The predicted molar refractivity (Wildman–Crippen MR) is 143 cm³/mol. The average molecular weight is 557 g/mol. The van der Waals surface area contributed by atoms with Crippen LogP contribution in [0.1, 0.15) is 48.0 Å². The molecule has 13 heteroatoms. The summed E-state index contributed by atoms with van der Waals surface area (Å²) in [5.74, 6) is -1.00. The number of imidazole rings is 1. The number of hydrogen-bond acceptors (Lipinski definition) is 8. The Balaban J connectivity index is 1.41. The maximum atomic E-state index is 14.1. The SMILES string of the molecule is CNCC1CCCN(c2c(NC(=O)c3csc(-c4ccnnc4)n3)ccc3c2nc(C(F)(F)F)n3C2CC2)C1. The minimum absolute atomic E-state index is 0.212. The Bertz CT molecular complexity index is 1500. The van der Waals surface area contributed by atoms with Crippen LogP contribution in [-0.4, -0.2) is 57.3 Å². The molecule has 0 bridgehead atoms. The number of hydrogen-bond donors (Lipinski definition) is 2. The lowest BCUT2D eigenvalue weighted by atomic mass is 9.97. The molecule has 0 spiro atoms. The van der Waals surface area contributed by atoms with Crippen LogP contribution in [0.3, 0.4) is 0 Å². The fourth-order valence-corrected chi connectivity index (χ4v) is 6.10. The summed E-state index contributed by atoms with van der Waals surface area (Å²) in [5.41, 5.74) is 2.61. The number of amides is 1. The van der Waals surface area contributed by atoms with Gasteiger partial charge in [0.2, 0.25) is 5.82 Å². The molecule has 1 saturated carbocycles. The zero-order chi connectivity index (χ0) is 27.1. The molecule has 1 saturated heterocycles. The van der Waals surface area contributed by atoms with Gasteiger partial charge in [0.15, 0.2) is 0 Å². The van der Waals surface area contributed by atoms with Crippen molar-refractivity contribution >= 4 is 39.7 Å². The Morgan fingerprint density at radius 2 is 2.00 bits per heavy atom. The second kappa shape index (κ2) is 10.2. The Kier molecular flexibility index (Phi) is 6.71. The molecule has 0 radical (unpaired) electrons. The lowest BCUT2D eigenvalue weighted by Crippen LogP contribution is -2.39. The smallest absolute Gasteiger partial charge is 0.368 e. The van der Waals surface area contributed by atoms with Crippen molar-refractivity contribution in [2.45, 2.75) is 37.9 Å². The molecule has 1 aromatic carbocycles. The van der Waals surface area contributed by atoms with Gasteiger partial charge in [-0.15, -0.1) is 11.3 Å². The van der Waals surface area contributed by atoms with E-state index in [9.17, 15) is 18.0 Å². The monoisotopic (exact) mass is 556 g/mol. The lowest BCUT2D eigenvalue weighted by Gasteiger charge is -2.35. The van der Waals surface area contributed by atoms with Crippen molar-refractivity contribution < 1.29 is 18.0 Å². The van der Waals surface area contributed by atoms with Crippen LogP contribution < -0.4 is 15.5 Å². The van der Waals surface area contributed by atoms with Crippen molar-refractivity contribution in [3.63, 3.8) is 0 Å². The van der Waals surface area contributed by atoms with Crippen molar-refractivity contribution in [2.75, 3.05) is 36.9 Å². The molecule has 6 rings (SSSR count). The van der Waals surface area contributed by atoms with Crippen molar-refractivity contribution in [2.24, 2.45) is 5.92 Å². The lowest BCUT2D eigenvalue weighted by molar-refractivity contribution is -0.147. The standard InChI is InChI=1S/C26H27F3N8OS/c1-30-11-15-3-2-10-36(13-15)22-18(33-23(38)19-14-39-24(34-19)16-8-9-31-32-12-16)6-7-20-21(22)35-25(26(27,28)29)37(20)17-4-5-17/h6-9,12,14-15,17,30H,2-5,10-11,13H2,1H3,(H,33,38). The van der Waals surface area contributed by atoms with Crippen LogP contribution in [-0.2, 0) is 6.18 Å². The highest BCUT2D eigenvalue weighted by Gasteiger charge is 2.42. The minimum atomic E-state index is -4.59. The van der Waals surface area contributed by atoms with Gasteiger partial charge >= 0.3 is 6.18 Å². The number of carbonyl (C=O) groups is 1. The molecule has 4 heterocycles. The molecule has 39 heavy (non-hydrogen) atoms. The third kappa shape index (κ3) is 5.08. The van der Waals surface area contributed by atoms with E-state index in [0.29, 0.717) is 53.7 Å². The molecule has 9 nitrogen and oxygen atoms in total. The first kappa shape index (κ1) is 25.7. The predicted octanol–water partition coefficient (Wildman–Crippen LogP) is 4.99. The number of nitrogens with zero attached hydrogens (tertiary/aromatic N) is 6. The summed E-state index contributed by atoms with van der Waals surface area (Å²) >= 11 is 1.30. The maximum absolute atomic E-state index is 14.1. The number of alkyl halides is 3. The Morgan fingerprint density at radius 3 is 2.72 bits per heavy atom. The van der Waals surface area contributed by atoms with E-state index in [1.54, 1.807) is 36.0 Å². The Morgan fingerprint density at radius 1 is 1.15 bits per heavy atom.